The van der Waals surface area contributed by atoms with E-state index in [4.69, 9.17) is 0 Å². The molecular weight excluding hydrogens is 323 g/mol. The first-order chi connectivity index (χ1) is 11.8. The van der Waals surface area contributed by atoms with Crippen molar-refractivity contribution in [3.8, 4) is 11.3 Å². The summed E-state index contributed by atoms with van der Waals surface area (Å²) in [5, 5.41) is 2.70. The van der Waals surface area contributed by atoms with E-state index in [0.717, 1.165) is 5.69 Å². The summed E-state index contributed by atoms with van der Waals surface area (Å²) in [5.74, 6) is 0.0572. The van der Waals surface area contributed by atoms with Crippen LogP contribution in [0, 0.1) is 5.82 Å². The Morgan fingerprint density at radius 3 is 2.64 bits per heavy atom. The van der Waals surface area contributed by atoms with Gasteiger partial charge in [0.25, 0.3) is 0 Å². The molecule has 0 saturated carbocycles. The van der Waals surface area contributed by atoms with Gasteiger partial charge in [-0.3, -0.25) is 4.40 Å². The first-order valence-electron chi connectivity index (χ1n) is 7.65. The highest BCUT2D eigenvalue weighted by Crippen LogP contribution is 2.26. The number of fused-ring (bicyclic) bond motifs is 1. The normalized spacial score (nSPS) is 10.8. The Balaban J connectivity index is 2.00. The summed E-state index contributed by atoms with van der Waals surface area (Å²) < 4.78 is 16.0. The Morgan fingerprint density at radius 2 is 1.96 bits per heavy atom. The third kappa shape index (κ3) is 3.37. The number of urea groups is 1. The fraction of sp³-hybridized carbons (Fsp3) is 0.235. The van der Waals surface area contributed by atoms with E-state index in [1.54, 1.807) is 37.0 Å². The van der Waals surface area contributed by atoms with Crippen molar-refractivity contribution < 1.29 is 9.18 Å². The molecule has 1 aromatic carbocycles. The number of hydrogen-bond donors (Lipinski definition) is 1. The summed E-state index contributed by atoms with van der Waals surface area (Å²) in [6, 6.07) is 4.09. The van der Waals surface area contributed by atoms with Crippen LogP contribution in [0.1, 0.15) is 0 Å². The SMILES string of the molecule is CN(C)C(=O)Nc1ccc(F)c(-c2cn3cc(N(C)C)cnc3n2)c1. The van der Waals surface area contributed by atoms with Crippen molar-refractivity contribution >= 4 is 23.2 Å². The predicted octanol–water partition coefficient (Wildman–Crippen LogP) is 2.69. The fourth-order valence-corrected chi connectivity index (χ4v) is 2.27. The van der Waals surface area contributed by atoms with Crippen molar-refractivity contribution in [3.63, 3.8) is 0 Å². The smallest absolute Gasteiger partial charge is 0.321 e. The molecule has 2 heterocycles. The first kappa shape index (κ1) is 16.7. The van der Waals surface area contributed by atoms with E-state index in [0.29, 0.717) is 22.7 Å². The Labute approximate surface area is 144 Å². The molecule has 3 aromatic rings. The molecule has 2 amide bonds. The molecule has 0 aliphatic heterocycles. The Hall–Kier alpha value is -3.16. The third-order valence-electron chi connectivity index (χ3n) is 3.71. The molecule has 8 heteroatoms. The Bertz CT molecular complexity index is 934. The molecular formula is C17H19FN6O. The lowest BCUT2D eigenvalue weighted by molar-refractivity contribution is 0.230. The number of imidazole rings is 1. The number of aromatic nitrogens is 3. The van der Waals surface area contributed by atoms with E-state index in [2.05, 4.69) is 15.3 Å². The van der Waals surface area contributed by atoms with Crippen LogP contribution in [0.2, 0.25) is 0 Å². The van der Waals surface area contributed by atoms with Gasteiger partial charge in [0.05, 0.1) is 17.6 Å². The van der Waals surface area contributed by atoms with Gasteiger partial charge in [0.1, 0.15) is 5.82 Å². The second-order valence-corrected chi connectivity index (χ2v) is 6.06. The number of benzene rings is 1. The Morgan fingerprint density at radius 1 is 1.20 bits per heavy atom. The minimum atomic E-state index is -0.418. The lowest BCUT2D eigenvalue weighted by atomic mass is 10.1. The quantitative estimate of drug-likeness (QED) is 0.795. The predicted molar refractivity (Wildman–Crippen MR) is 95.4 cm³/mol. The zero-order valence-electron chi connectivity index (χ0n) is 14.5. The maximum atomic E-state index is 14.3. The van der Waals surface area contributed by atoms with Gasteiger partial charge in [0, 0.05) is 51.8 Å². The number of anilines is 2. The van der Waals surface area contributed by atoms with E-state index in [-0.39, 0.29) is 6.03 Å². The number of rotatable bonds is 3. The summed E-state index contributed by atoms with van der Waals surface area (Å²) in [6.45, 7) is 0. The van der Waals surface area contributed by atoms with Crippen LogP contribution in [0.15, 0.2) is 36.8 Å². The van der Waals surface area contributed by atoms with Crippen molar-refractivity contribution in [3.05, 3.63) is 42.6 Å². The molecule has 0 atom stereocenters. The summed E-state index contributed by atoms with van der Waals surface area (Å²) in [5.41, 5.74) is 2.15. The molecule has 1 N–H and O–H groups in total. The standard InChI is InChI=1S/C17H19FN6O/c1-22(2)12-8-19-16-21-15(10-24(16)9-12)13-7-11(5-6-14(13)18)20-17(25)23(3)4/h5-10H,1-4H3,(H,20,25). The van der Waals surface area contributed by atoms with E-state index < -0.39 is 5.82 Å². The minimum Gasteiger partial charge on any atom is -0.375 e. The van der Waals surface area contributed by atoms with Crippen LogP contribution in [0.3, 0.4) is 0 Å². The second kappa shape index (κ2) is 6.39. The van der Waals surface area contributed by atoms with Gasteiger partial charge in [0.15, 0.2) is 0 Å². The van der Waals surface area contributed by atoms with E-state index in [1.807, 2.05) is 25.2 Å². The molecule has 0 bridgehead atoms. The Kier molecular flexibility index (Phi) is 4.26. The van der Waals surface area contributed by atoms with Crippen LogP contribution in [0.4, 0.5) is 20.6 Å². The highest BCUT2D eigenvalue weighted by molar-refractivity contribution is 5.89. The van der Waals surface area contributed by atoms with Gasteiger partial charge in [-0.2, -0.15) is 0 Å². The molecule has 0 fully saturated rings. The lowest BCUT2D eigenvalue weighted by Gasteiger charge is -2.12. The minimum absolute atomic E-state index is 0.287. The van der Waals surface area contributed by atoms with Crippen LogP contribution in [0.25, 0.3) is 17.0 Å². The van der Waals surface area contributed by atoms with E-state index >= 15 is 0 Å². The van der Waals surface area contributed by atoms with Crippen LogP contribution in [-0.2, 0) is 0 Å². The monoisotopic (exact) mass is 342 g/mol. The van der Waals surface area contributed by atoms with Crippen molar-refractivity contribution in [1.82, 2.24) is 19.3 Å². The zero-order chi connectivity index (χ0) is 18.1. The molecule has 7 nitrogen and oxygen atoms in total. The largest absolute Gasteiger partial charge is 0.375 e. The van der Waals surface area contributed by atoms with E-state index in [9.17, 15) is 9.18 Å². The van der Waals surface area contributed by atoms with Crippen LogP contribution >= 0.6 is 0 Å². The molecule has 2 aromatic heterocycles. The van der Waals surface area contributed by atoms with Crippen LogP contribution in [0.5, 0.6) is 0 Å². The molecule has 0 aliphatic carbocycles. The number of nitrogens with zero attached hydrogens (tertiary/aromatic N) is 5. The van der Waals surface area contributed by atoms with Crippen LogP contribution < -0.4 is 10.2 Å². The first-order valence-corrected chi connectivity index (χ1v) is 7.65. The van der Waals surface area contributed by atoms with Gasteiger partial charge in [0.2, 0.25) is 5.78 Å². The molecule has 3 rings (SSSR count). The maximum absolute atomic E-state index is 14.3. The molecule has 0 saturated heterocycles. The topological polar surface area (TPSA) is 65.8 Å². The number of hydrogen-bond acceptors (Lipinski definition) is 4. The van der Waals surface area contributed by atoms with Crippen molar-refractivity contribution in [2.45, 2.75) is 0 Å². The lowest BCUT2D eigenvalue weighted by Crippen LogP contribution is -2.27. The van der Waals surface area contributed by atoms with Gasteiger partial charge in [-0.15, -0.1) is 0 Å². The molecule has 130 valence electrons. The maximum Gasteiger partial charge on any atom is 0.321 e. The fourth-order valence-electron chi connectivity index (χ4n) is 2.27. The number of halogens is 1. The van der Waals surface area contributed by atoms with Crippen molar-refractivity contribution in [2.75, 3.05) is 38.4 Å². The molecule has 25 heavy (non-hydrogen) atoms. The number of carbonyl (C=O) groups excluding carboxylic acids is 1. The highest BCUT2D eigenvalue weighted by atomic mass is 19.1. The summed E-state index contributed by atoms with van der Waals surface area (Å²) in [7, 11) is 7.10. The molecule has 0 spiro atoms. The highest BCUT2D eigenvalue weighted by Gasteiger charge is 2.13. The molecule has 0 aliphatic rings. The van der Waals surface area contributed by atoms with Gasteiger partial charge in [-0.25, -0.2) is 19.2 Å². The van der Waals surface area contributed by atoms with Crippen LogP contribution in [-0.4, -0.2) is 53.5 Å². The molecule has 0 radical (unpaired) electrons. The third-order valence-corrected chi connectivity index (χ3v) is 3.71. The number of carbonyl (C=O) groups is 1. The number of amides is 2. The summed E-state index contributed by atoms with van der Waals surface area (Å²) in [6.07, 6.45) is 5.29. The average Bonchev–Trinajstić information content (AvgIpc) is 2.99. The van der Waals surface area contributed by atoms with Gasteiger partial charge < -0.3 is 15.1 Å². The summed E-state index contributed by atoms with van der Waals surface area (Å²) in [4.78, 5) is 23.8. The average molecular weight is 342 g/mol. The van der Waals surface area contributed by atoms with Gasteiger partial charge in [-0.1, -0.05) is 0 Å². The van der Waals surface area contributed by atoms with Gasteiger partial charge >= 0.3 is 6.03 Å². The second-order valence-electron chi connectivity index (χ2n) is 6.06. The van der Waals surface area contributed by atoms with Crippen molar-refractivity contribution in [1.29, 1.82) is 0 Å². The van der Waals surface area contributed by atoms with Crippen molar-refractivity contribution in [2.24, 2.45) is 0 Å². The molecule has 0 unspecified atom stereocenters. The summed E-state index contributed by atoms with van der Waals surface area (Å²) >= 11 is 0. The van der Waals surface area contributed by atoms with E-state index in [1.165, 1.54) is 17.0 Å². The number of nitrogens with one attached hydrogen (secondary N) is 1. The zero-order valence-corrected chi connectivity index (χ0v) is 14.5. The van der Waals surface area contributed by atoms with Gasteiger partial charge in [-0.05, 0) is 18.2 Å².